The van der Waals surface area contributed by atoms with Crippen molar-refractivity contribution in [2.24, 2.45) is 5.92 Å². The van der Waals surface area contributed by atoms with Crippen LogP contribution in [0.4, 0.5) is 0 Å². The normalized spacial score (nSPS) is 29.7. The van der Waals surface area contributed by atoms with Crippen LogP contribution in [0.5, 0.6) is 5.75 Å². The molecule has 4 aromatic rings. The first-order chi connectivity index (χ1) is 20.3. The number of esters is 1. The van der Waals surface area contributed by atoms with Crippen LogP contribution in [0.3, 0.4) is 0 Å². The van der Waals surface area contributed by atoms with Crippen molar-refractivity contribution in [1.29, 1.82) is 0 Å². The average Bonchev–Trinajstić information content (AvgIpc) is 3.65. The van der Waals surface area contributed by atoms with Crippen molar-refractivity contribution in [3.63, 3.8) is 0 Å². The van der Waals surface area contributed by atoms with Gasteiger partial charge in [-0.2, -0.15) is 0 Å². The van der Waals surface area contributed by atoms with Gasteiger partial charge in [0.2, 0.25) is 5.79 Å². The molecule has 2 heterocycles. The van der Waals surface area contributed by atoms with Gasteiger partial charge in [0.25, 0.3) is 0 Å². The van der Waals surface area contributed by atoms with E-state index in [2.05, 4.69) is 4.98 Å². The van der Waals surface area contributed by atoms with Crippen molar-refractivity contribution in [1.82, 2.24) is 4.98 Å². The van der Waals surface area contributed by atoms with Crippen LogP contribution in [0.1, 0.15) is 31.4 Å². The van der Waals surface area contributed by atoms with Gasteiger partial charge in [-0.25, -0.2) is 4.79 Å². The molecule has 1 saturated carbocycles. The number of ether oxygens (including phenoxy) is 3. The number of aromatic amines is 1. The Morgan fingerprint density at radius 3 is 2.52 bits per heavy atom. The van der Waals surface area contributed by atoms with E-state index < -0.39 is 54.8 Å². The Bertz CT molecular complexity index is 1620. The molecular formula is C31H35NO10. The zero-order valence-electron chi connectivity index (χ0n) is 22.9. The highest BCUT2D eigenvalue weighted by Gasteiger charge is 2.69. The maximum atomic E-state index is 13.8. The lowest BCUT2D eigenvalue weighted by molar-refractivity contribution is -0.325. The molecule has 2 aliphatic rings. The zero-order chi connectivity index (χ0) is 29.6. The molecule has 1 aromatic heterocycles. The van der Waals surface area contributed by atoms with Gasteiger partial charge in [0.1, 0.15) is 17.8 Å². The Morgan fingerprint density at radius 1 is 1.05 bits per heavy atom. The second-order valence-corrected chi connectivity index (χ2v) is 11.2. The van der Waals surface area contributed by atoms with Crippen molar-refractivity contribution < 1.29 is 49.6 Å². The third kappa shape index (κ3) is 4.48. The molecule has 1 saturated heterocycles. The number of carbonyl (C=O) groups is 1. The summed E-state index contributed by atoms with van der Waals surface area (Å²) in [4.78, 5) is 16.9. The van der Waals surface area contributed by atoms with Crippen LogP contribution in [-0.4, -0.2) is 91.1 Å². The fourth-order valence-electron chi connectivity index (χ4n) is 6.61. The van der Waals surface area contributed by atoms with Crippen molar-refractivity contribution in [3.05, 3.63) is 54.2 Å². The van der Waals surface area contributed by atoms with Gasteiger partial charge in [0.15, 0.2) is 11.9 Å². The van der Waals surface area contributed by atoms with E-state index in [9.17, 15) is 35.4 Å². The standard InChI is InChI=1S/C31H35NO10/c33-11-4-12-40-26-27(42-31(39,28(26)36)30(38)10-3-7-20(30)15-34)29(37)41-25-23(16-35)32-22-9-8-19-13-17-5-1-2-6-18(17)14-21(19)24(22)25/h1-2,5-6,8-9,13-14,20,26-28,32-36,38-39H,3-4,7,10-12,15-16H2/t20-,26-,27+,28+,30+,31+/m0/s1. The van der Waals surface area contributed by atoms with Crippen molar-refractivity contribution in [2.75, 3.05) is 19.8 Å². The van der Waals surface area contributed by atoms with Gasteiger partial charge >= 0.3 is 5.97 Å². The summed E-state index contributed by atoms with van der Waals surface area (Å²) in [7, 11) is 0. The number of hydrogen-bond acceptors (Lipinski definition) is 10. The molecule has 2 fully saturated rings. The first kappa shape index (κ1) is 29.0. The lowest BCUT2D eigenvalue weighted by Crippen LogP contribution is -2.63. The molecule has 0 spiro atoms. The van der Waals surface area contributed by atoms with Crippen LogP contribution >= 0.6 is 0 Å². The smallest absolute Gasteiger partial charge is 0.343 e. The monoisotopic (exact) mass is 581 g/mol. The molecule has 6 rings (SSSR count). The molecule has 224 valence electrons. The van der Waals surface area contributed by atoms with Crippen LogP contribution in [0, 0.1) is 5.92 Å². The van der Waals surface area contributed by atoms with E-state index in [4.69, 9.17) is 14.2 Å². The zero-order valence-corrected chi connectivity index (χ0v) is 22.9. The predicted molar refractivity (Wildman–Crippen MR) is 152 cm³/mol. The van der Waals surface area contributed by atoms with E-state index in [1.807, 2.05) is 48.5 Å². The van der Waals surface area contributed by atoms with Crippen LogP contribution in [0.2, 0.25) is 0 Å². The Morgan fingerprint density at radius 2 is 1.81 bits per heavy atom. The molecule has 3 aromatic carbocycles. The Labute approximate surface area is 240 Å². The number of carbonyl (C=O) groups excluding carboxylic acids is 1. The molecule has 11 nitrogen and oxygen atoms in total. The second-order valence-electron chi connectivity index (χ2n) is 11.2. The highest BCUT2D eigenvalue weighted by Crippen LogP contribution is 2.50. The molecule has 6 atom stereocenters. The number of aromatic nitrogens is 1. The summed E-state index contributed by atoms with van der Waals surface area (Å²) < 4.78 is 17.4. The lowest BCUT2D eigenvalue weighted by atomic mass is 9.80. The number of hydrogen-bond donors (Lipinski definition) is 7. The number of rotatable bonds is 9. The average molecular weight is 582 g/mol. The van der Waals surface area contributed by atoms with Crippen LogP contribution in [-0.2, 0) is 20.9 Å². The van der Waals surface area contributed by atoms with E-state index >= 15 is 0 Å². The number of benzene rings is 3. The molecule has 1 aliphatic heterocycles. The van der Waals surface area contributed by atoms with Crippen LogP contribution in [0.15, 0.2) is 48.5 Å². The second kappa shape index (κ2) is 11.2. The summed E-state index contributed by atoms with van der Waals surface area (Å²) in [6.45, 7) is -1.22. The summed E-state index contributed by atoms with van der Waals surface area (Å²) in [6, 6.07) is 15.6. The third-order valence-corrected chi connectivity index (χ3v) is 8.82. The van der Waals surface area contributed by atoms with Gasteiger partial charge in [-0.3, -0.25) is 0 Å². The van der Waals surface area contributed by atoms with E-state index in [1.54, 1.807) is 0 Å². The fourth-order valence-corrected chi connectivity index (χ4v) is 6.61. The molecule has 0 bridgehead atoms. The molecule has 7 N–H and O–H groups in total. The molecule has 0 amide bonds. The van der Waals surface area contributed by atoms with Gasteiger partial charge in [-0.15, -0.1) is 0 Å². The van der Waals surface area contributed by atoms with Crippen molar-refractivity contribution in [2.45, 2.75) is 62.0 Å². The molecule has 0 unspecified atom stereocenters. The minimum atomic E-state index is -2.64. The van der Waals surface area contributed by atoms with Gasteiger partial charge in [0, 0.05) is 25.7 Å². The molecule has 0 radical (unpaired) electrons. The topological polar surface area (TPSA) is 182 Å². The van der Waals surface area contributed by atoms with E-state index in [-0.39, 0.29) is 37.5 Å². The number of aliphatic hydroxyl groups excluding tert-OH is 4. The number of H-pyrrole nitrogens is 1. The SMILES string of the molecule is O=C(Oc1c(CO)[nH]c2ccc3cc4ccccc4cc3c12)[C@@H]1O[C@@](O)([C@@]2(O)CCC[C@H]2CO)[C@H](O)[C@H]1OCCCO. The highest BCUT2D eigenvalue weighted by molar-refractivity contribution is 6.14. The van der Waals surface area contributed by atoms with Gasteiger partial charge in [-0.1, -0.05) is 30.3 Å². The molecule has 11 heteroatoms. The van der Waals surface area contributed by atoms with E-state index in [0.29, 0.717) is 23.7 Å². The predicted octanol–water partition coefficient (Wildman–Crippen LogP) is 1.61. The van der Waals surface area contributed by atoms with Gasteiger partial charge < -0.3 is 49.8 Å². The van der Waals surface area contributed by atoms with Crippen molar-refractivity contribution >= 4 is 38.4 Å². The Kier molecular flexibility index (Phi) is 7.71. The van der Waals surface area contributed by atoms with Gasteiger partial charge in [-0.05, 0) is 65.4 Å². The van der Waals surface area contributed by atoms with Crippen LogP contribution in [0.25, 0.3) is 32.4 Å². The summed E-state index contributed by atoms with van der Waals surface area (Å²) in [5, 5.41) is 67.8. The minimum Gasteiger partial charge on any atom is -0.422 e. The summed E-state index contributed by atoms with van der Waals surface area (Å²) >= 11 is 0. The lowest BCUT2D eigenvalue weighted by Gasteiger charge is -2.42. The maximum Gasteiger partial charge on any atom is 0.343 e. The number of aliphatic hydroxyl groups is 6. The number of nitrogens with one attached hydrogen (secondary N) is 1. The quantitative estimate of drug-likeness (QED) is 0.0871. The van der Waals surface area contributed by atoms with E-state index in [1.165, 1.54) is 0 Å². The fraction of sp³-hybridized carbons (Fsp3) is 0.452. The summed E-state index contributed by atoms with van der Waals surface area (Å²) in [5.41, 5.74) is -1.20. The Hall–Kier alpha value is -3.13. The minimum absolute atomic E-state index is 0.0218. The maximum absolute atomic E-state index is 13.8. The summed E-state index contributed by atoms with van der Waals surface area (Å²) in [5.74, 6) is -4.40. The first-order valence-electron chi connectivity index (χ1n) is 14.2. The molecule has 1 aliphatic carbocycles. The third-order valence-electron chi connectivity index (χ3n) is 8.82. The summed E-state index contributed by atoms with van der Waals surface area (Å²) in [6.07, 6.45) is -3.96. The van der Waals surface area contributed by atoms with Crippen molar-refractivity contribution in [3.8, 4) is 5.75 Å². The van der Waals surface area contributed by atoms with Gasteiger partial charge in [0.05, 0.1) is 23.2 Å². The van der Waals surface area contributed by atoms with E-state index in [0.717, 1.165) is 21.5 Å². The van der Waals surface area contributed by atoms with Crippen LogP contribution < -0.4 is 4.74 Å². The molecular weight excluding hydrogens is 546 g/mol. The highest BCUT2D eigenvalue weighted by atomic mass is 16.7. The first-order valence-corrected chi connectivity index (χ1v) is 14.2. The number of fused-ring (bicyclic) bond motifs is 4. The Balaban J connectivity index is 1.40. The largest absolute Gasteiger partial charge is 0.422 e. The molecule has 42 heavy (non-hydrogen) atoms.